The third kappa shape index (κ3) is 1.48. The molecule has 8 heteroatoms. The van der Waals surface area contributed by atoms with E-state index in [2.05, 4.69) is 4.98 Å². The first kappa shape index (κ1) is 11.3. The van der Waals surface area contributed by atoms with Gasteiger partial charge in [-0.15, -0.1) is 0 Å². The van der Waals surface area contributed by atoms with Crippen LogP contribution in [0.3, 0.4) is 0 Å². The molecule has 84 valence electrons. The van der Waals surface area contributed by atoms with Gasteiger partial charge in [-0.25, -0.2) is 4.79 Å². The molecule has 0 fully saturated rings. The zero-order valence-electron chi connectivity index (χ0n) is 7.42. The van der Waals surface area contributed by atoms with Crippen LogP contribution in [0.2, 0.25) is 15.1 Å². The summed E-state index contributed by atoms with van der Waals surface area (Å²) >= 11 is 17.3. The zero-order valence-corrected chi connectivity index (χ0v) is 9.69. The molecule has 16 heavy (non-hydrogen) atoms. The monoisotopic (exact) mass is 280 g/mol. The van der Waals surface area contributed by atoms with Gasteiger partial charge in [0.2, 0.25) is 0 Å². The van der Waals surface area contributed by atoms with Gasteiger partial charge >= 0.3 is 5.69 Å². The molecule has 0 aliphatic rings. The molecule has 2 aromatic rings. The quantitative estimate of drug-likeness (QED) is 0.572. The topological polar surface area (TPSA) is 75.1 Å². The Morgan fingerprint density at radius 2 is 1.81 bits per heavy atom. The second-order valence-corrected chi connectivity index (χ2v) is 4.12. The van der Waals surface area contributed by atoms with Gasteiger partial charge in [0.15, 0.2) is 0 Å². The number of hydrogen-bond donors (Lipinski definition) is 2. The Morgan fingerprint density at radius 1 is 1.19 bits per heavy atom. The number of fused-ring (bicyclic) bond motifs is 1. The van der Waals surface area contributed by atoms with Gasteiger partial charge in [-0.1, -0.05) is 39.5 Å². The van der Waals surface area contributed by atoms with Crippen molar-refractivity contribution in [3.05, 3.63) is 42.0 Å². The third-order valence-electron chi connectivity index (χ3n) is 2.00. The first-order valence-corrected chi connectivity index (χ1v) is 5.08. The fourth-order valence-corrected chi connectivity index (χ4v) is 1.95. The summed E-state index contributed by atoms with van der Waals surface area (Å²) in [6, 6.07) is 1.29. The summed E-state index contributed by atoms with van der Waals surface area (Å²) in [5, 5.41) is 8.99. The average Bonchev–Trinajstić information content (AvgIpc) is 2.23. The highest BCUT2D eigenvalue weighted by molar-refractivity contribution is 6.50. The lowest BCUT2D eigenvalue weighted by Crippen LogP contribution is -2.33. The van der Waals surface area contributed by atoms with E-state index in [-0.39, 0.29) is 30.7 Å². The third-order valence-corrected chi connectivity index (χ3v) is 3.26. The lowest BCUT2D eigenvalue weighted by atomic mass is 10.2. The molecule has 1 heterocycles. The number of H-pyrrole nitrogens is 1. The minimum atomic E-state index is -0.980. The molecule has 5 nitrogen and oxygen atoms in total. The first-order valence-electron chi connectivity index (χ1n) is 3.95. The average molecular weight is 281 g/mol. The Morgan fingerprint density at radius 3 is 2.44 bits per heavy atom. The van der Waals surface area contributed by atoms with Crippen LogP contribution in [0.25, 0.3) is 10.9 Å². The summed E-state index contributed by atoms with van der Waals surface area (Å²) in [6.45, 7) is 0. The number of halogens is 3. The predicted molar refractivity (Wildman–Crippen MR) is 61.0 cm³/mol. The van der Waals surface area contributed by atoms with Crippen LogP contribution in [0, 0.1) is 0 Å². The smallest absolute Gasteiger partial charge is 0.362 e. The molecule has 0 amide bonds. The molecule has 0 radical (unpaired) electrons. The van der Waals surface area contributed by atoms with E-state index in [0.717, 1.165) is 0 Å². The minimum Gasteiger partial charge on any atom is -0.421 e. The molecule has 0 aliphatic carbocycles. The van der Waals surface area contributed by atoms with Crippen molar-refractivity contribution in [1.29, 1.82) is 0 Å². The minimum absolute atomic E-state index is 0.0139. The summed E-state index contributed by atoms with van der Waals surface area (Å²) in [6.07, 6.45) is 0. The molecule has 0 spiro atoms. The van der Waals surface area contributed by atoms with E-state index in [9.17, 15) is 9.59 Å². The van der Waals surface area contributed by atoms with Crippen LogP contribution in [-0.2, 0) is 0 Å². The highest BCUT2D eigenvalue weighted by Crippen LogP contribution is 2.34. The van der Waals surface area contributed by atoms with Gasteiger partial charge in [0.25, 0.3) is 5.56 Å². The molecule has 0 bridgehead atoms. The van der Waals surface area contributed by atoms with E-state index in [0.29, 0.717) is 0 Å². The first-order chi connectivity index (χ1) is 7.43. The Balaban J connectivity index is 3.16. The number of rotatable bonds is 0. The van der Waals surface area contributed by atoms with Crippen molar-refractivity contribution in [2.75, 3.05) is 0 Å². The fourth-order valence-electron chi connectivity index (χ4n) is 1.27. The Hall–Kier alpha value is -1.17. The summed E-state index contributed by atoms with van der Waals surface area (Å²) < 4.78 is -0.0849. The summed E-state index contributed by atoms with van der Waals surface area (Å²) in [4.78, 5) is 24.9. The van der Waals surface area contributed by atoms with Gasteiger partial charge in [-0.05, 0) is 6.07 Å². The van der Waals surface area contributed by atoms with E-state index >= 15 is 0 Å². The van der Waals surface area contributed by atoms with Gasteiger partial charge in [-0.2, -0.15) is 0 Å². The van der Waals surface area contributed by atoms with Gasteiger partial charge in [0, 0.05) is 0 Å². The molecule has 1 aromatic heterocycles. The van der Waals surface area contributed by atoms with Gasteiger partial charge in [-0.3, -0.25) is 4.79 Å². The molecular weight excluding hydrogens is 278 g/mol. The molecular formula is C8H3Cl3N2O3. The van der Waals surface area contributed by atoms with Crippen LogP contribution in [0.1, 0.15) is 0 Å². The lowest BCUT2D eigenvalue weighted by molar-refractivity contribution is 0.162. The Bertz CT molecular complexity index is 704. The van der Waals surface area contributed by atoms with E-state index in [1.165, 1.54) is 6.07 Å². The maximum absolute atomic E-state index is 11.5. The van der Waals surface area contributed by atoms with Crippen molar-refractivity contribution in [2.24, 2.45) is 0 Å². The number of aromatic nitrogens is 2. The second-order valence-electron chi connectivity index (χ2n) is 2.96. The Labute approximate surface area is 103 Å². The Kier molecular flexibility index (Phi) is 2.61. The van der Waals surface area contributed by atoms with E-state index < -0.39 is 11.2 Å². The molecule has 1 aromatic carbocycles. The van der Waals surface area contributed by atoms with Crippen LogP contribution in [0.4, 0.5) is 0 Å². The molecule has 2 rings (SSSR count). The zero-order chi connectivity index (χ0) is 12.0. The molecule has 0 aliphatic heterocycles. The second kappa shape index (κ2) is 3.69. The predicted octanol–water partition coefficient (Wildman–Crippen LogP) is 1.89. The van der Waals surface area contributed by atoms with E-state index in [1.807, 2.05) is 0 Å². The van der Waals surface area contributed by atoms with Crippen molar-refractivity contribution in [3.8, 4) is 0 Å². The standard InChI is InChI=1S/C8H3Cl3N2O3/c9-2-1-3-4(6(11)5(2)10)7(14)13(16)8(15)12-3/h1,16H,(H,12,15). The van der Waals surface area contributed by atoms with Crippen LogP contribution >= 0.6 is 34.8 Å². The summed E-state index contributed by atoms with van der Waals surface area (Å²) in [7, 11) is 0. The normalized spacial score (nSPS) is 10.9. The highest BCUT2D eigenvalue weighted by atomic mass is 35.5. The molecule has 0 atom stereocenters. The maximum Gasteiger partial charge on any atom is 0.362 e. The van der Waals surface area contributed by atoms with E-state index in [4.69, 9.17) is 40.0 Å². The van der Waals surface area contributed by atoms with Gasteiger partial charge in [0.1, 0.15) is 0 Å². The largest absolute Gasteiger partial charge is 0.421 e. The van der Waals surface area contributed by atoms with Crippen LogP contribution < -0.4 is 11.2 Å². The van der Waals surface area contributed by atoms with E-state index in [1.54, 1.807) is 0 Å². The molecule has 0 unspecified atom stereocenters. The number of nitrogens with one attached hydrogen (secondary N) is 1. The molecule has 0 saturated carbocycles. The van der Waals surface area contributed by atoms with Crippen LogP contribution in [-0.4, -0.2) is 14.9 Å². The fraction of sp³-hybridized carbons (Fsp3) is 0. The molecule has 0 saturated heterocycles. The van der Waals surface area contributed by atoms with Crippen molar-refractivity contribution in [3.63, 3.8) is 0 Å². The van der Waals surface area contributed by atoms with Gasteiger partial charge < -0.3 is 10.2 Å². The number of hydrogen-bond acceptors (Lipinski definition) is 3. The lowest BCUT2D eigenvalue weighted by Gasteiger charge is -2.04. The highest BCUT2D eigenvalue weighted by Gasteiger charge is 2.15. The SMILES string of the molecule is O=c1[nH]c2cc(Cl)c(Cl)c(Cl)c2c(=O)n1O. The van der Waals surface area contributed by atoms with Gasteiger partial charge in [0.05, 0.1) is 26.0 Å². The maximum atomic E-state index is 11.5. The van der Waals surface area contributed by atoms with Crippen LogP contribution in [0.5, 0.6) is 0 Å². The van der Waals surface area contributed by atoms with Crippen molar-refractivity contribution in [1.82, 2.24) is 9.71 Å². The van der Waals surface area contributed by atoms with Crippen molar-refractivity contribution >= 4 is 45.7 Å². The summed E-state index contributed by atoms with van der Waals surface area (Å²) in [5.41, 5.74) is -1.83. The number of aromatic amines is 1. The molecule has 2 N–H and O–H groups in total. The number of benzene rings is 1. The van der Waals surface area contributed by atoms with Crippen molar-refractivity contribution < 1.29 is 5.21 Å². The van der Waals surface area contributed by atoms with Crippen LogP contribution in [0.15, 0.2) is 15.7 Å². The number of nitrogens with zero attached hydrogens (tertiary/aromatic N) is 1. The van der Waals surface area contributed by atoms with Crippen molar-refractivity contribution in [2.45, 2.75) is 0 Å². The summed E-state index contributed by atoms with van der Waals surface area (Å²) in [5.74, 6) is 0.